The van der Waals surface area contributed by atoms with E-state index in [1.54, 1.807) is 24.5 Å². The maximum atomic E-state index is 12.6. The van der Waals surface area contributed by atoms with Gasteiger partial charge in [-0.15, -0.1) is 0 Å². The Labute approximate surface area is 134 Å². The van der Waals surface area contributed by atoms with Gasteiger partial charge in [0.05, 0.1) is 17.6 Å². The number of nitrogens with zero attached hydrogens (tertiary/aromatic N) is 2. The van der Waals surface area contributed by atoms with E-state index >= 15 is 0 Å². The van der Waals surface area contributed by atoms with Gasteiger partial charge in [-0.3, -0.25) is 9.78 Å². The van der Waals surface area contributed by atoms with Gasteiger partial charge in [-0.2, -0.15) is 4.31 Å². The average Bonchev–Trinajstić information content (AvgIpc) is 2.54. The van der Waals surface area contributed by atoms with Crippen molar-refractivity contribution in [3.63, 3.8) is 0 Å². The molecule has 0 aliphatic carbocycles. The number of rotatable bonds is 6. The monoisotopic (exact) mass is 335 g/mol. The van der Waals surface area contributed by atoms with E-state index in [-0.39, 0.29) is 22.8 Å². The Kier molecular flexibility index (Phi) is 4.97. The highest BCUT2D eigenvalue weighted by atomic mass is 32.2. The zero-order valence-corrected chi connectivity index (χ0v) is 13.6. The Morgan fingerprint density at radius 3 is 2.65 bits per heavy atom. The van der Waals surface area contributed by atoms with Crippen LogP contribution in [0.1, 0.15) is 15.9 Å². The summed E-state index contributed by atoms with van der Waals surface area (Å²) in [4.78, 5) is 15.3. The molecule has 0 aliphatic heterocycles. The molecular weight excluding hydrogens is 318 g/mol. The van der Waals surface area contributed by atoms with Crippen LogP contribution in [0.5, 0.6) is 5.75 Å². The number of primary amides is 1. The third kappa shape index (κ3) is 3.66. The molecule has 2 N–H and O–H groups in total. The minimum Gasteiger partial charge on any atom is -0.496 e. The fourth-order valence-electron chi connectivity index (χ4n) is 2.05. The molecule has 122 valence electrons. The summed E-state index contributed by atoms with van der Waals surface area (Å²) in [5.74, 6) is -0.567. The molecule has 1 amide bonds. The van der Waals surface area contributed by atoms with Crippen LogP contribution in [0.25, 0.3) is 0 Å². The summed E-state index contributed by atoms with van der Waals surface area (Å²) in [6.45, 7) is 0.177. The summed E-state index contributed by atoms with van der Waals surface area (Å²) in [5.41, 5.74) is 6.12. The zero-order chi connectivity index (χ0) is 17.0. The van der Waals surface area contributed by atoms with Crippen LogP contribution < -0.4 is 10.5 Å². The lowest BCUT2D eigenvalue weighted by molar-refractivity contribution is 0.0997. The second kappa shape index (κ2) is 6.76. The van der Waals surface area contributed by atoms with Crippen LogP contribution in [0.2, 0.25) is 0 Å². The highest BCUT2D eigenvalue weighted by Crippen LogP contribution is 2.25. The van der Waals surface area contributed by atoms with Crippen molar-refractivity contribution in [1.82, 2.24) is 9.29 Å². The standard InChI is InChI=1S/C15H17N3O4S/c1-18(10-11-4-3-7-17-9-11)23(20,21)12-5-6-13(15(16)19)14(8-12)22-2/h3-9H,10H2,1-2H3,(H2,16,19). The maximum Gasteiger partial charge on any atom is 0.252 e. The Hall–Kier alpha value is -2.45. The average molecular weight is 335 g/mol. The maximum absolute atomic E-state index is 12.6. The number of hydrogen-bond acceptors (Lipinski definition) is 5. The topological polar surface area (TPSA) is 103 Å². The number of nitrogens with two attached hydrogens (primary N) is 1. The highest BCUT2D eigenvalue weighted by molar-refractivity contribution is 7.89. The molecule has 0 aliphatic rings. The van der Waals surface area contributed by atoms with Gasteiger partial charge in [0, 0.05) is 32.1 Å². The Morgan fingerprint density at radius 2 is 2.09 bits per heavy atom. The Morgan fingerprint density at radius 1 is 1.35 bits per heavy atom. The smallest absolute Gasteiger partial charge is 0.252 e. The number of aromatic nitrogens is 1. The number of pyridine rings is 1. The van der Waals surface area contributed by atoms with Crippen molar-refractivity contribution < 1.29 is 17.9 Å². The van der Waals surface area contributed by atoms with Crippen LogP contribution in [0.15, 0.2) is 47.6 Å². The first kappa shape index (κ1) is 16.9. The number of sulfonamides is 1. The van der Waals surface area contributed by atoms with Crippen LogP contribution in [0.4, 0.5) is 0 Å². The largest absolute Gasteiger partial charge is 0.496 e. The van der Waals surface area contributed by atoms with Crippen LogP contribution in [-0.2, 0) is 16.6 Å². The van der Waals surface area contributed by atoms with Crippen molar-refractivity contribution in [2.45, 2.75) is 11.4 Å². The van der Waals surface area contributed by atoms with Gasteiger partial charge in [-0.05, 0) is 23.8 Å². The van der Waals surface area contributed by atoms with Crippen molar-refractivity contribution in [1.29, 1.82) is 0 Å². The molecule has 0 saturated heterocycles. The molecule has 0 fully saturated rings. The van der Waals surface area contributed by atoms with Crippen molar-refractivity contribution in [3.8, 4) is 5.75 Å². The van der Waals surface area contributed by atoms with Crippen molar-refractivity contribution in [2.75, 3.05) is 14.2 Å². The molecule has 7 nitrogen and oxygen atoms in total. The molecule has 0 bridgehead atoms. The minimum absolute atomic E-state index is 0.0192. The summed E-state index contributed by atoms with van der Waals surface area (Å²) >= 11 is 0. The summed E-state index contributed by atoms with van der Waals surface area (Å²) in [5, 5.41) is 0. The van der Waals surface area contributed by atoms with Gasteiger partial charge in [-0.25, -0.2) is 8.42 Å². The second-order valence-corrected chi connectivity index (χ2v) is 6.89. The molecular formula is C15H17N3O4S. The number of ether oxygens (including phenoxy) is 1. The van der Waals surface area contributed by atoms with Gasteiger partial charge in [0.15, 0.2) is 0 Å². The first-order valence-corrected chi connectivity index (χ1v) is 8.13. The van der Waals surface area contributed by atoms with Crippen LogP contribution >= 0.6 is 0 Å². The van der Waals surface area contributed by atoms with E-state index in [1.165, 1.54) is 36.7 Å². The van der Waals surface area contributed by atoms with Crippen molar-refractivity contribution in [3.05, 3.63) is 53.9 Å². The number of benzene rings is 1. The van der Waals surface area contributed by atoms with Crippen LogP contribution in [-0.4, -0.2) is 37.8 Å². The van der Waals surface area contributed by atoms with E-state index in [4.69, 9.17) is 10.5 Å². The Bertz CT molecular complexity index is 807. The molecule has 2 aromatic rings. The van der Waals surface area contributed by atoms with E-state index in [2.05, 4.69) is 4.98 Å². The number of amides is 1. The first-order valence-electron chi connectivity index (χ1n) is 6.69. The quantitative estimate of drug-likeness (QED) is 0.848. The van der Waals surface area contributed by atoms with Gasteiger partial charge in [0.2, 0.25) is 10.0 Å². The number of methoxy groups -OCH3 is 1. The van der Waals surface area contributed by atoms with E-state index in [9.17, 15) is 13.2 Å². The lowest BCUT2D eigenvalue weighted by atomic mass is 10.2. The highest BCUT2D eigenvalue weighted by Gasteiger charge is 2.23. The predicted molar refractivity (Wildman–Crippen MR) is 84.4 cm³/mol. The number of carbonyl (C=O) groups is 1. The third-order valence-electron chi connectivity index (χ3n) is 3.27. The molecule has 1 aromatic heterocycles. The molecule has 0 saturated carbocycles. The van der Waals surface area contributed by atoms with Gasteiger partial charge in [0.1, 0.15) is 5.75 Å². The SMILES string of the molecule is COc1cc(S(=O)(=O)N(C)Cc2cccnc2)ccc1C(N)=O. The predicted octanol–water partition coefficient (Wildman–Crippen LogP) is 1.01. The summed E-state index contributed by atoms with van der Waals surface area (Å²) < 4.78 is 31.5. The summed E-state index contributed by atoms with van der Waals surface area (Å²) in [6.07, 6.45) is 3.22. The van der Waals surface area contributed by atoms with E-state index in [0.29, 0.717) is 0 Å². The molecule has 2 rings (SSSR count). The first-order chi connectivity index (χ1) is 10.9. The van der Waals surface area contributed by atoms with Crippen molar-refractivity contribution >= 4 is 15.9 Å². The normalized spacial score (nSPS) is 11.4. The van der Waals surface area contributed by atoms with Gasteiger partial charge in [-0.1, -0.05) is 6.07 Å². The van der Waals surface area contributed by atoms with Crippen LogP contribution in [0.3, 0.4) is 0 Å². The molecule has 23 heavy (non-hydrogen) atoms. The number of hydrogen-bond donors (Lipinski definition) is 1. The lowest BCUT2D eigenvalue weighted by Gasteiger charge is -2.18. The van der Waals surface area contributed by atoms with E-state index in [0.717, 1.165) is 5.56 Å². The lowest BCUT2D eigenvalue weighted by Crippen LogP contribution is -2.26. The third-order valence-corrected chi connectivity index (χ3v) is 5.07. The molecule has 0 radical (unpaired) electrons. The molecule has 1 heterocycles. The van der Waals surface area contributed by atoms with Gasteiger partial charge >= 0.3 is 0 Å². The van der Waals surface area contributed by atoms with Gasteiger partial charge < -0.3 is 10.5 Å². The van der Waals surface area contributed by atoms with E-state index in [1.807, 2.05) is 0 Å². The number of carbonyl (C=O) groups excluding carboxylic acids is 1. The molecule has 0 unspecified atom stereocenters. The second-order valence-electron chi connectivity index (χ2n) is 4.85. The van der Waals surface area contributed by atoms with E-state index < -0.39 is 15.9 Å². The molecule has 0 spiro atoms. The molecule has 0 atom stereocenters. The summed E-state index contributed by atoms with van der Waals surface area (Å²) in [6, 6.07) is 7.48. The van der Waals surface area contributed by atoms with Crippen LogP contribution in [0, 0.1) is 0 Å². The van der Waals surface area contributed by atoms with Crippen molar-refractivity contribution in [2.24, 2.45) is 5.73 Å². The minimum atomic E-state index is -3.74. The molecule has 1 aromatic carbocycles. The Balaban J connectivity index is 2.33. The van der Waals surface area contributed by atoms with Gasteiger partial charge in [0.25, 0.3) is 5.91 Å². The summed E-state index contributed by atoms with van der Waals surface area (Å²) in [7, 11) is -0.925. The zero-order valence-electron chi connectivity index (χ0n) is 12.8. The fraction of sp³-hybridized carbons (Fsp3) is 0.200. The molecule has 8 heteroatoms. The fourth-order valence-corrected chi connectivity index (χ4v) is 3.22.